The van der Waals surface area contributed by atoms with E-state index in [0.29, 0.717) is 10.7 Å². The zero-order valence-corrected chi connectivity index (χ0v) is 10.4. The van der Waals surface area contributed by atoms with E-state index in [1.807, 2.05) is 0 Å². The molecule has 2 nitrogen and oxygen atoms in total. The molecule has 1 saturated carbocycles. The van der Waals surface area contributed by atoms with Gasteiger partial charge in [-0.1, -0.05) is 17.7 Å². The van der Waals surface area contributed by atoms with Gasteiger partial charge in [0.1, 0.15) is 0 Å². The number of hydrogen-bond donors (Lipinski definition) is 1. The highest BCUT2D eigenvalue weighted by Gasteiger charge is 2.37. The van der Waals surface area contributed by atoms with E-state index in [2.05, 4.69) is 0 Å². The number of hydrogen-bond acceptors (Lipinski definition) is 2. The van der Waals surface area contributed by atoms with E-state index in [1.165, 1.54) is 4.90 Å². The fourth-order valence-electron chi connectivity index (χ4n) is 1.91. The van der Waals surface area contributed by atoms with Crippen molar-refractivity contribution in [2.75, 3.05) is 12.3 Å². The van der Waals surface area contributed by atoms with Gasteiger partial charge in [0.15, 0.2) is 0 Å². The van der Waals surface area contributed by atoms with Crippen molar-refractivity contribution in [1.29, 1.82) is 0 Å². The van der Waals surface area contributed by atoms with Crippen LogP contribution in [0.3, 0.4) is 0 Å². The fourth-order valence-corrected chi connectivity index (χ4v) is 2.03. The van der Waals surface area contributed by atoms with E-state index in [0.717, 1.165) is 18.4 Å². The van der Waals surface area contributed by atoms with Crippen molar-refractivity contribution in [2.24, 2.45) is 0 Å². The number of benzene rings is 1. The fraction of sp³-hybridized carbons (Fsp3) is 0.500. The molecule has 0 atom stereocenters. The summed E-state index contributed by atoms with van der Waals surface area (Å²) in [6.45, 7) is -0.619. The maximum Gasteiger partial charge on any atom is 0.401 e. The van der Waals surface area contributed by atoms with Gasteiger partial charge in [-0.25, -0.2) is 0 Å². The van der Waals surface area contributed by atoms with E-state index in [-0.39, 0.29) is 12.6 Å². The van der Waals surface area contributed by atoms with Crippen LogP contribution in [0.5, 0.6) is 0 Å². The minimum atomic E-state index is -4.17. The summed E-state index contributed by atoms with van der Waals surface area (Å²) >= 11 is 5.78. The van der Waals surface area contributed by atoms with E-state index in [9.17, 15) is 13.2 Å². The monoisotopic (exact) mass is 278 g/mol. The van der Waals surface area contributed by atoms with Crippen LogP contribution in [-0.4, -0.2) is 23.7 Å². The van der Waals surface area contributed by atoms with Gasteiger partial charge in [0.2, 0.25) is 0 Å². The van der Waals surface area contributed by atoms with Crippen LogP contribution < -0.4 is 5.73 Å². The predicted molar refractivity (Wildman–Crippen MR) is 65.4 cm³/mol. The SMILES string of the molecule is Nc1cc(CN(CC(F)(F)F)C2CC2)ccc1Cl. The summed E-state index contributed by atoms with van der Waals surface area (Å²) in [7, 11) is 0. The number of rotatable bonds is 4. The van der Waals surface area contributed by atoms with Crippen LogP contribution in [0, 0.1) is 0 Å². The second kappa shape index (κ2) is 4.97. The van der Waals surface area contributed by atoms with Gasteiger partial charge in [-0.05, 0) is 30.5 Å². The molecule has 2 rings (SSSR count). The lowest BCUT2D eigenvalue weighted by atomic mass is 10.2. The minimum Gasteiger partial charge on any atom is -0.398 e. The first-order valence-electron chi connectivity index (χ1n) is 5.70. The molecule has 2 N–H and O–H groups in total. The molecule has 0 aliphatic heterocycles. The van der Waals surface area contributed by atoms with Crippen molar-refractivity contribution in [1.82, 2.24) is 4.90 Å². The van der Waals surface area contributed by atoms with E-state index >= 15 is 0 Å². The van der Waals surface area contributed by atoms with Crippen molar-refractivity contribution in [3.63, 3.8) is 0 Å². The highest BCUT2D eigenvalue weighted by molar-refractivity contribution is 6.33. The summed E-state index contributed by atoms with van der Waals surface area (Å²) in [5.74, 6) is 0. The average Bonchev–Trinajstić information content (AvgIpc) is 3.04. The number of nitrogen functional groups attached to an aromatic ring is 1. The van der Waals surface area contributed by atoms with Crippen molar-refractivity contribution in [3.8, 4) is 0 Å². The number of halogens is 4. The Labute approximate surface area is 109 Å². The molecule has 0 heterocycles. The summed E-state index contributed by atoms with van der Waals surface area (Å²) in [4.78, 5) is 1.45. The molecular formula is C12H14ClF3N2. The molecule has 1 fully saturated rings. The largest absolute Gasteiger partial charge is 0.401 e. The summed E-state index contributed by atoms with van der Waals surface area (Å²) in [5.41, 5.74) is 6.80. The standard InChI is InChI=1S/C12H14ClF3N2/c13-10-4-1-8(5-11(10)17)6-18(9-2-3-9)7-12(14,15)16/h1,4-5,9H,2-3,6-7,17H2. The van der Waals surface area contributed by atoms with Gasteiger partial charge in [-0.3, -0.25) is 4.90 Å². The number of anilines is 1. The Balaban J connectivity index is 2.06. The summed E-state index contributed by atoms with van der Waals surface area (Å²) in [6.07, 6.45) is -2.50. The maximum absolute atomic E-state index is 12.5. The normalized spacial score (nSPS) is 16.3. The smallest absolute Gasteiger partial charge is 0.398 e. The highest BCUT2D eigenvalue weighted by atomic mass is 35.5. The van der Waals surface area contributed by atoms with Crippen molar-refractivity contribution in [2.45, 2.75) is 31.6 Å². The molecule has 0 aromatic heterocycles. The Kier molecular flexibility index (Phi) is 3.73. The third-order valence-corrected chi connectivity index (χ3v) is 3.24. The molecule has 18 heavy (non-hydrogen) atoms. The Morgan fingerprint density at radius 2 is 2.00 bits per heavy atom. The molecule has 100 valence electrons. The lowest BCUT2D eigenvalue weighted by Crippen LogP contribution is -2.35. The van der Waals surface area contributed by atoms with Gasteiger partial charge in [-0.15, -0.1) is 0 Å². The molecule has 0 radical (unpaired) electrons. The number of nitrogens with zero attached hydrogens (tertiary/aromatic N) is 1. The average molecular weight is 279 g/mol. The zero-order chi connectivity index (χ0) is 13.3. The van der Waals surface area contributed by atoms with Crippen LogP contribution in [0.1, 0.15) is 18.4 Å². The molecule has 6 heteroatoms. The Morgan fingerprint density at radius 3 is 2.50 bits per heavy atom. The number of alkyl halides is 3. The van der Waals surface area contributed by atoms with Gasteiger partial charge in [0.25, 0.3) is 0 Å². The first-order chi connectivity index (χ1) is 8.35. The molecule has 1 aromatic rings. The first kappa shape index (κ1) is 13.5. The third kappa shape index (κ3) is 3.78. The molecule has 0 saturated heterocycles. The molecule has 1 aliphatic rings. The third-order valence-electron chi connectivity index (χ3n) is 2.89. The maximum atomic E-state index is 12.5. The predicted octanol–water partition coefficient (Wildman–Crippen LogP) is 3.45. The Bertz CT molecular complexity index is 430. The summed E-state index contributed by atoms with van der Waals surface area (Å²) < 4.78 is 37.4. The van der Waals surface area contributed by atoms with Crippen molar-refractivity contribution in [3.05, 3.63) is 28.8 Å². The van der Waals surface area contributed by atoms with Gasteiger partial charge < -0.3 is 5.73 Å². The molecular weight excluding hydrogens is 265 g/mol. The second-order valence-corrected chi connectivity index (χ2v) is 5.01. The molecule has 1 aliphatic carbocycles. The lowest BCUT2D eigenvalue weighted by Gasteiger charge is -2.23. The first-order valence-corrected chi connectivity index (χ1v) is 6.07. The Hall–Kier alpha value is -0.940. The molecule has 0 spiro atoms. The number of nitrogens with two attached hydrogens (primary N) is 1. The van der Waals surface area contributed by atoms with Crippen molar-refractivity contribution >= 4 is 17.3 Å². The molecule has 0 amide bonds. The molecule has 1 aromatic carbocycles. The van der Waals surface area contributed by atoms with Crippen LogP contribution in [0.2, 0.25) is 5.02 Å². The van der Waals surface area contributed by atoms with Gasteiger partial charge in [0.05, 0.1) is 17.3 Å². The van der Waals surface area contributed by atoms with Crippen LogP contribution in [-0.2, 0) is 6.54 Å². The quantitative estimate of drug-likeness (QED) is 0.855. The minimum absolute atomic E-state index is 0.0449. The van der Waals surface area contributed by atoms with Gasteiger partial charge in [-0.2, -0.15) is 13.2 Å². The highest BCUT2D eigenvalue weighted by Crippen LogP contribution is 2.32. The van der Waals surface area contributed by atoms with E-state index in [1.54, 1.807) is 18.2 Å². The molecule has 0 bridgehead atoms. The van der Waals surface area contributed by atoms with Crippen LogP contribution >= 0.6 is 11.6 Å². The second-order valence-electron chi connectivity index (χ2n) is 4.61. The Morgan fingerprint density at radius 1 is 1.33 bits per heavy atom. The molecule has 0 unspecified atom stereocenters. The van der Waals surface area contributed by atoms with E-state index < -0.39 is 12.7 Å². The summed E-state index contributed by atoms with van der Waals surface area (Å²) in [5, 5.41) is 0.424. The van der Waals surface area contributed by atoms with Crippen LogP contribution in [0.15, 0.2) is 18.2 Å². The van der Waals surface area contributed by atoms with Crippen LogP contribution in [0.4, 0.5) is 18.9 Å². The summed E-state index contributed by atoms with van der Waals surface area (Å²) in [6, 6.07) is 5.01. The van der Waals surface area contributed by atoms with E-state index in [4.69, 9.17) is 17.3 Å². The van der Waals surface area contributed by atoms with Crippen LogP contribution in [0.25, 0.3) is 0 Å². The zero-order valence-electron chi connectivity index (χ0n) is 9.67. The van der Waals surface area contributed by atoms with Crippen molar-refractivity contribution < 1.29 is 13.2 Å². The topological polar surface area (TPSA) is 29.3 Å². The van der Waals surface area contributed by atoms with Gasteiger partial charge in [0, 0.05) is 12.6 Å². The lowest BCUT2D eigenvalue weighted by molar-refractivity contribution is -0.148. The van der Waals surface area contributed by atoms with Gasteiger partial charge >= 0.3 is 6.18 Å².